The van der Waals surface area contributed by atoms with E-state index in [4.69, 9.17) is 27.8 Å². The molecule has 3 aliphatic carbocycles. The highest BCUT2D eigenvalue weighted by Crippen LogP contribution is 2.65. The fourth-order valence-electron chi connectivity index (χ4n) is 12.0. The van der Waals surface area contributed by atoms with Crippen LogP contribution < -0.4 is 5.32 Å². The number of ketones is 1. The number of esters is 3. The molecule has 396 valence electrons. The van der Waals surface area contributed by atoms with Gasteiger partial charge in [-0.25, -0.2) is 9.59 Å². The summed E-state index contributed by atoms with van der Waals surface area (Å²) in [7, 11) is -5.50. The van der Waals surface area contributed by atoms with E-state index in [-0.39, 0.29) is 24.2 Å². The van der Waals surface area contributed by atoms with Crippen molar-refractivity contribution in [2.24, 2.45) is 16.7 Å². The van der Waals surface area contributed by atoms with E-state index in [1.165, 1.54) is 6.92 Å². The largest absolute Gasteiger partial charge is 0.456 e. The highest BCUT2D eigenvalue weighted by molar-refractivity contribution is 6.74. The number of nitrogens with one attached hydrogen (secondary N) is 1. The van der Waals surface area contributed by atoms with E-state index in [0.29, 0.717) is 16.7 Å². The summed E-state index contributed by atoms with van der Waals surface area (Å²) in [6.07, 6.45) is -8.52. The molecule has 14 nitrogen and oxygen atoms in total. The molecular formula is C57H77NO13Si2. The Kier molecular flexibility index (Phi) is 15.9. The van der Waals surface area contributed by atoms with Gasteiger partial charge in [-0.05, 0) is 91.1 Å². The maximum atomic E-state index is 16.1. The van der Waals surface area contributed by atoms with Gasteiger partial charge in [0.25, 0.3) is 5.91 Å². The van der Waals surface area contributed by atoms with Gasteiger partial charge in [-0.2, -0.15) is 0 Å². The number of amides is 1. The minimum Gasteiger partial charge on any atom is -0.456 e. The SMILES string of the molecule is CC[Si](CC)(CC)O[C@H]1CC2OC[C@@]2(OC(C)=O)[C@H]2[C@H](OC(=O)c3ccccc3)[C@]3(O)C[C@H](OC(=O)[C@H](O[Si](C)(C)C(C)(C)C)[C@@H](NC(=O)c4ccccc4)c4ccccc4)C(C)=C([C@@H](O)C(=O)[C@]12C)C3(C)C. The first-order chi connectivity index (χ1) is 34.2. The lowest BCUT2D eigenvalue weighted by Crippen LogP contribution is -2.82. The summed E-state index contributed by atoms with van der Waals surface area (Å²) in [6, 6.07) is 26.9. The third kappa shape index (κ3) is 9.86. The molecule has 0 spiro atoms. The van der Waals surface area contributed by atoms with Crippen LogP contribution in [0, 0.1) is 16.7 Å². The minimum absolute atomic E-state index is 0.0839. The van der Waals surface area contributed by atoms with Crippen LogP contribution in [0.4, 0.5) is 0 Å². The Labute approximate surface area is 433 Å². The molecule has 16 heteroatoms. The quantitative estimate of drug-likeness (QED) is 0.0533. The molecule has 73 heavy (non-hydrogen) atoms. The van der Waals surface area contributed by atoms with Gasteiger partial charge in [-0.1, -0.05) is 122 Å². The van der Waals surface area contributed by atoms with Crippen LogP contribution in [0.3, 0.4) is 0 Å². The second-order valence-electron chi connectivity index (χ2n) is 23.0. The summed E-state index contributed by atoms with van der Waals surface area (Å²) < 4.78 is 40.4. The summed E-state index contributed by atoms with van der Waals surface area (Å²) in [5.41, 5.74) is -5.85. The Morgan fingerprint density at radius 2 is 1.40 bits per heavy atom. The number of rotatable bonds is 16. The molecule has 4 aliphatic rings. The Morgan fingerprint density at radius 3 is 1.90 bits per heavy atom. The van der Waals surface area contributed by atoms with E-state index in [1.807, 2.05) is 39.9 Å². The third-order valence-corrected chi connectivity index (χ3v) is 26.8. The van der Waals surface area contributed by atoms with Crippen molar-refractivity contribution < 1.29 is 62.0 Å². The van der Waals surface area contributed by atoms with Crippen molar-refractivity contribution in [3.63, 3.8) is 0 Å². The molecule has 0 aromatic heterocycles. The lowest BCUT2D eigenvalue weighted by Gasteiger charge is -2.68. The van der Waals surface area contributed by atoms with Gasteiger partial charge < -0.3 is 43.3 Å². The number of benzene rings is 3. The Hall–Kier alpha value is -4.82. The van der Waals surface area contributed by atoms with E-state index < -0.39 is 128 Å². The van der Waals surface area contributed by atoms with Crippen molar-refractivity contribution in [3.05, 3.63) is 119 Å². The number of fused-ring (bicyclic) bond motifs is 5. The third-order valence-electron chi connectivity index (χ3n) is 17.7. The molecule has 7 rings (SSSR count). The molecule has 1 unspecified atom stereocenters. The number of Topliss-reactive ketones (excluding diaryl/α,β-unsaturated/α-hetero) is 1. The standard InChI is InChI=1S/C57H77NO13Si2/c1-14-73(15-2,16-3)70-41-32-42-56(34-66-42,69-36(5)59)47-49(68-51(63)39-30-24-19-25-31-39)57(65)33-40(35(4)43(54(57,9)10)45(60)48(61)55(41,47)11)67-52(64)46(71-72(12,13)53(6,7)8)44(37-26-20-17-21-27-37)58-50(62)38-28-22-18-23-29-38/h17-31,40-42,44-47,49,60,65H,14-16,32-34H2,1-13H3,(H,58,62)/t40-,41-,42?,44-,45+,46+,47-,49-,55+,56-,57+/m0/s1. The minimum atomic E-state index is -2.90. The van der Waals surface area contributed by atoms with Gasteiger partial charge in [0.2, 0.25) is 0 Å². The predicted octanol–water partition coefficient (Wildman–Crippen LogP) is 9.22. The molecule has 3 fully saturated rings. The zero-order valence-electron chi connectivity index (χ0n) is 44.9. The zero-order chi connectivity index (χ0) is 53.7. The van der Waals surface area contributed by atoms with Crippen LogP contribution in [0.2, 0.25) is 36.3 Å². The summed E-state index contributed by atoms with van der Waals surface area (Å²) in [6.45, 7) is 24.0. The van der Waals surface area contributed by atoms with Crippen molar-refractivity contribution >= 4 is 46.2 Å². The maximum Gasteiger partial charge on any atom is 0.338 e. The molecule has 2 bridgehead atoms. The normalized spacial score (nSPS) is 29.7. The van der Waals surface area contributed by atoms with Crippen molar-refractivity contribution in [2.45, 2.75) is 179 Å². The Balaban J connectivity index is 1.44. The molecule has 1 aliphatic heterocycles. The number of hydrogen-bond acceptors (Lipinski definition) is 13. The van der Waals surface area contributed by atoms with Gasteiger partial charge in [0.15, 0.2) is 34.1 Å². The van der Waals surface area contributed by atoms with Gasteiger partial charge in [-0.15, -0.1) is 0 Å². The second kappa shape index (κ2) is 20.7. The van der Waals surface area contributed by atoms with E-state index in [2.05, 4.69) is 26.1 Å². The molecule has 3 N–H and O–H groups in total. The average molecular weight is 1040 g/mol. The second-order valence-corrected chi connectivity index (χ2v) is 32.4. The maximum absolute atomic E-state index is 16.1. The fourth-order valence-corrected chi connectivity index (χ4v) is 16.2. The molecule has 0 radical (unpaired) electrons. The van der Waals surface area contributed by atoms with Gasteiger partial charge in [0.1, 0.15) is 30.0 Å². The lowest BCUT2D eigenvalue weighted by atomic mass is 9.44. The molecule has 1 amide bonds. The summed E-state index contributed by atoms with van der Waals surface area (Å²) in [5.74, 6) is -4.91. The average Bonchev–Trinajstić information content (AvgIpc) is 3.35. The van der Waals surface area contributed by atoms with Crippen LogP contribution in [0.25, 0.3) is 0 Å². The van der Waals surface area contributed by atoms with Crippen LogP contribution in [0.5, 0.6) is 0 Å². The zero-order valence-corrected chi connectivity index (χ0v) is 46.9. The number of carbonyl (C=O) groups is 5. The first-order valence-electron chi connectivity index (χ1n) is 25.9. The van der Waals surface area contributed by atoms with E-state index in [1.54, 1.807) is 113 Å². The summed E-state index contributed by atoms with van der Waals surface area (Å²) >= 11 is 0. The van der Waals surface area contributed by atoms with Gasteiger partial charge in [0.05, 0.1) is 35.6 Å². The topological polar surface area (TPSA) is 193 Å². The smallest absolute Gasteiger partial charge is 0.338 e. The molecule has 1 saturated heterocycles. The predicted molar refractivity (Wildman–Crippen MR) is 280 cm³/mol. The molecular weight excluding hydrogens is 963 g/mol. The van der Waals surface area contributed by atoms with Crippen LogP contribution >= 0.6 is 0 Å². The number of hydrogen-bond donors (Lipinski definition) is 3. The van der Waals surface area contributed by atoms with Crippen molar-refractivity contribution in [3.8, 4) is 0 Å². The monoisotopic (exact) mass is 1040 g/mol. The fraction of sp³-hybridized carbons (Fsp3) is 0.561. The van der Waals surface area contributed by atoms with Crippen LogP contribution in [0.1, 0.15) is 121 Å². The van der Waals surface area contributed by atoms with E-state index in [0.717, 1.165) is 18.1 Å². The summed E-state index contributed by atoms with van der Waals surface area (Å²) in [5, 5.41) is 29.9. The number of ether oxygens (including phenoxy) is 4. The van der Waals surface area contributed by atoms with Crippen molar-refractivity contribution in [2.75, 3.05) is 6.61 Å². The van der Waals surface area contributed by atoms with Gasteiger partial charge in [0, 0.05) is 30.7 Å². The van der Waals surface area contributed by atoms with Crippen molar-refractivity contribution in [1.29, 1.82) is 0 Å². The number of aliphatic hydroxyl groups excluding tert-OH is 1. The molecule has 1 heterocycles. The van der Waals surface area contributed by atoms with E-state index >= 15 is 9.59 Å². The number of carbonyl (C=O) groups excluding carboxylic acids is 5. The lowest BCUT2D eigenvalue weighted by molar-refractivity contribution is -0.344. The van der Waals surface area contributed by atoms with Crippen LogP contribution in [0.15, 0.2) is 102 Å². The highest BCUT2D eigenvalue weighted by Gasteiger charge is 2.78. The Morgan fingerprint density at radius 1 is 0.849 bits per heavy atom. The summed E-state index contributed by atoms with van der Waals surface area (Å²) in [4.78, 5) is 74.0. The first-order valence-corrected chi connectivity index (χ1v) is 31.3. The molecule has 2 saturated carbocycles. The molecule has 3 aromatic rings. The molecule has 11 atom stereocenters. The molecule has 3 aromatic carbocycles. The first kappa shape index (κ1) is 55.9. The van der Waals surface area contributed by atoms with Gasteiger partial charge in [-0.3, -0.25) is 14.4 Å². The van der Waals surface area contributed by atoms with E-state index in [9.17, 15) is 24.6 Å². The van der Waals surface area contributed by atoms with Crippen LogP contribution in [-0.2, 0) is 42.2 Å². The highest BCUT2D eigenvalue weighted by atomic mass is 28.4. The number of aliphatic hydroxyl groups is 2. The Bertz CT molecular complexity index is 2550. The van der Waals surface area contributed by atoms with Gasteiger partial charge >= 0.3 is 17.9 Å². The van der Waals surface area contributed by atoms with Crippen LogP contribution in [-0.4, -0.2) is 111 Å². The van der Waals surface area contributed by atoms with Crippen molar-refractivity contribution in [1.82, 2.24) is 5.32 Å².